The Morgan fingerprint density at radius 3 is 2.32 bits per heavy atom. The third-order valence-corrected chi connectivity index (χ3v) is 2.76. The van der Waals surface area contributed by atoms with Crippen LogP contribution in [-0.4, -0.2) is 17.5 Å². The summed E-state index contributed by atoms with van der Waals surface area (Å²) in [5.74, 6) is -0.346. The van der Waals surface area contributed by atoms with Gasteiger partial charge >= 0.3 is 0 Å². The summed E-state index contributed by atoms with van der Waals surface area (Å²) in [6, 6.07) is 5.99. The first-order valence-electron chi connectivity index (χ1n) is 6.53. The first-order chi connectivity index (χ1) is 8.70. The second kappa shape index (κ2) is 6.15. The van der Waals surface area contributed by atoms with Gasteiger partial charge in [0.1, 0.15) is 5.82 Å². The van der Waals surface area contributed by atoms with Crippen LogP contribution in [0.1, 0.15) is 46.2 Å². The number of hydrogen-bond donors (Lipinski definition) is 2. The number of carbonyl (C=O) groups excluding carboxylic acids is 1. The number of benzene rings is 1. The molecule has 0 saturated heterocycles. The van der Waals surface area contributed by atoms with Crippen LogP contribution in [0.5, 0.6) is 0 Å². The molecule has 0 spiro atoms. The van der Waals surface area contributed by atoms with Crippen LogP contribution in [0.4, 0.5) is 4.39 Å². The van der Waals surface area contributed by atoms with E-state index in [9.17, 15) is 9.18 Å². The van der Waals surface area contributed by atoms with Gasteiger partial charge in [-0.25, -0.2) is 4.39 Å². The summed E-state index contributed by atoms with van der Waals surface area (Å²) in [6.45, 7) is 9.41. The van der Waals surface area contributed by atoms with Crippen LogP contribution >= 0.6 is 0 Å². The largest absolute Gasteiger partial charge is 0.350 e. The minimum absolute atomic E-state index is 0.0873. The second-order valence-corrected chi connectivity index (χ2v) is 5.87. The Kier molecular flexibility index (Phi) is 5.06. The van der Waals surface area contributed by atoms with E-state index in [1.165, 1.54) is 6.07 Å². The zero-order chi connectivity index (χ0) is 14.6. The third kappa shape index (κ3) is 4.99. The monoisotopic (exact) mass is 266 g/mol. The van der Waals surface area contributed by atoms with Gasteiger partial charge in [-0.2, -0.15) is 0 Å². The molecule has 0 aromatic heterocycles. The second-order valence-electron chi connectivity index (χ2n) is 5.87. The Labute approximate surface area is 114 Å². The van der Waals surface area contributed by atoms with E-state index in [2.05, 4.69) is 10.6 Å². The van der Waals surface area contributed by atoms with Crippen LogP contribution in [0.3, 0.4) is 0 Å². The van der Waals surface area contributed by atoms with E-state index in [1.807, 2.05) is 27.7 Å². The Hall–Kier alpha value is -1.42. The zero-order valence-corrected chi connectivity index (χ0v) is 12.3. The van der Waals surface area contributed by atoms with E-state index < -0.39 is 0 Å². The predicted molar refractivity (Wildman–Crippen MR) is 75.3 cm³/mol. The van der Waals surface area contributed by atoms with Gasteiger partial charge in [0.2, 0.25) is 5.91 Å². The number of hydrogen-bond acceptors (Lipinski definition) is 2. The van der Waals surface area contributed by atoms with Gasteiger partial charge in [-0.15, -0.1) is 0 Å². The van der Waals surface area contributed by atoms with Crippen LogP contribution in [0, 0.1) is 5.82 Å². The molecule has 0 aliphatic rings. The Balaban J connectivity index is 2.64. The highest BCUT2D eigenvalue weighted by atomic mass is 19.1. The molecule has 0 aliphatic carbocycles. The molecule has 1 amide bonds. The lowest BCUT2D eigenvalue weighted by Crippen LogP contribution is -2.50. The molecule has 1 unspecified atom stereocenters. The lowest BCUT2D eigenvalue weighted by Gasteiger charge is -2.25. The maximum atomic E-state index is 13.6. The fraction of sp³-hybridized carbons (Fsp3) is 0.533. The maximum Gasteiger partial charge on any atom is 0.237 e. The fourth-order valence-electron chi connectivity index (χ4n) is 1.84. The minimum Gasteiger partial charge on any atom is -0.350 e. The van der Waals surface area contributed by atoms with Crippen LogP contribution in [0.15, 0.2) is 24.3 Å². The van der Waals surface area contributed by atoms with E-state index >= 15 is 0 Å². The van der Waals surface area contributed by atoms with Crippen molar-refractivity contribution in [3.8, 4) is 0 Å². The Morgan fingerprint density at radius 1 is 1.21 bits per heavy atom. The molecule has 1 aromatic rings. The molecule has 0 bridgehead atoms. The van der Waals surface area contributed by atoms with E-state index in [-0.39, 0.29) is 29.3 Å². The molecule has 1 aromatic carbocycles. The summed E-state index contributed by atoms with van der Waals surface area (Å²) in [4.78, 5) is 11.9. The van der Waals surface area contributed by atoms with Gasteiger partial charge in [0.25, 0.3) is 0 Å². The average molecular weight is 266 g/mol. The highest BCUT2D eigenvalue weighted by Crippen LogP contribution is 2.16. The molecule has 0 radical (unpaired) electrons. The molecule has 2 N–H and O–H groups in total. The highest BCUT2D eigenvalue weighted by Gasteiger charge is 2.21. The van der Waals surface area contributed by atoms with Gasteiger partial charge in [-0.1, -0.05) is 18.2 Å². The number of halogens is 1. The van der Waals surface area contributed by atoms with Crippen molar-refractivity contribution in [3.63, 3.8) is 0 Å². The first-order valence-corrected chi connectivity index (χ1v) is 6.53. The van der Waals surface area contributed by atoms with Crippen molar-refractivity contribution in [1.82, 2.24) is 10.6 Å². The van der Waals surface area contributed by atoms with Gasteiger partial charge in [0.05, 0.1) is 6.04 Å². The standard InChI is InChI=1S/C15H23FN2O/c1-10(12-8-6-7-9-13(12)16)17-11(2)14(19)18-15(3,4)5/h6-11,17H,1-5H3,(H,18,19)/t10-,11?/m1/s1. The molecule has 0 aliphatic heterocycles. The molecule has 0 fully saturated rings. The fourth-order valence-corrected chi connectivity index (χ4v) is 1.84. The molecular formula is C15H23FN2O. The number of carbonyl (C=O) groups is 1. The number of nitrogens with one attached hydrogen (secondary N) is 2. The topological polar surface area (TPSA) is 41.1 Å². The van der Waals surface area contributed by atoms with E-state index in [0.29, 0.717) is 5.56 Å². The lowest BCUT2D eigenvalue weighted by atomic mass is 10.1. The first kappa shape index (κ1) is 15.6. The normalized spacial score (nSPS) is 14.8. The summed E-state index contributed by atoms with van der Waals surface area (Å²) >= 11 is 0. The molecule has 19 heavy (non-hydrogen) atoms. The summed E-state index contributed by atoms with van der Waals surface area (Å²) in [5, 5.41) is 6.00. The van der Waals surface area contributed by atoms with Gasteiger partial charge in [0, 0.05) is 17.1 Å². The van der Waals surface area contributed by atoms with E-state index in [0.717, 1.165) is 0 Å². The van der Waals surface area contributed by atoms with Gasteiger partial charge in [0.15, 0.2) is 0 Å². The third-order valence-electron chi connectivity index (χ3n) is 2.76. The van der Waals surface area contributed by atoms with Gasteiger partial charge < -0.3 is 5.32 Å². The summed E-state index contributed by atoms with van der Waals surface area (Å²) in [7, 11) is 0. The molecule has 1 rings (SSSR count). The van der Waals surface area contributed by atoms with Crippen molar-refractivity contribution < 1.29 is 9.18 Å². The van der Waals surface area contributed by atoms with Crippen molar-refractivity contribution in [2.45, 2.75) is 52.2 Å². The quantitative estimate of drug-likeness (QED) is 0.880. The van der Waals surface area contributed by atoms with Crippen molar-refractivity contribution in [3.05, 3.63) is 35.6 Å². The SMILES string of the molecule is CC(N[C@H](C)c1ccccc1F)C(=O)NC(C)(C)C. The smallest absolute Gasteiger partial charge is 0.237 e. The van der Waals surface area contributed by atoms with Crippen LogP contribution in [0.25, 0.3) is 0 Å². The van der Waals surface area contributed by atoms with Crippen molar-refractivity contribution in [2.75, 3.05) is 0 Å². The Bertz CT molecular complexity index is 440. The number of amides is 1. The molecule has 0 heterocycles. The summed E-state index contributed by atoms with van der Waals surface area (Å²) < 4.78 is 13.6. The Morgan fingerprint density at radius 2 is 1.79 bits per heavy atom. The van der Waals surface area contributed by atoms with Gasteiger partial charge in [-0.3, -0.25) is 10.1 Å². The van der Waals surface area contributed by atoms with E-state index in [1.54, 1.807) is 25.1 Å². The maximum absolute atomic E-state index is 13.6. The molecule has 2 atom stereocenters. The van der Waals surface area contributed by atoms with Crippen molar-refractivity contribution in [2.24, 2.45) is 0 Å². The molecule has 0 saturated carbocycles. The average Bonchev–Trinajstić information content (AvgIpc) is 2.27. The molecular weight excluding hydrogens is 243 g/mol. The lowest BCUT2D eigenvalue weighted by molar-refractivity contribution is -0.124. The highest BCUT2D eigenvalue weighted by molar-refractivity contribution is 5.81. The zero-order valence-electron chi connectivity index (χ0n) is 12.3. The van der Waals surface area contributed by atoms with Crippen molar-refractivity contribution in [1.29, 1.82) is 0 Å². The van der Waals surface area contributed by atoms with Gasteiger partial charge in [-0.05, 0) is 40.7 Å². The summed E-state index contributed by atoms with van der Waals surface area (Å²) in [5.41, 5.74) is 0.298. The molecule has 3 nitrogen and oxygen atoms in total. The number of rotatable bonds is 4. The van der Waals surface area contributed by atoms with E-state index in [4.69, 9.17) is 0 Å². The minimum atomic E-state index is -0.381. The summed E-state index contributed by atoms with van der Waals surface area (Å²) in [6.07, 6.45) is 0. The van der Waals surface area contributed by atoms with Crippen LogP contribution in [0.2, 0.25) is 0 Å². The molecule has 106 valence electrons. The van der Waals surface area contributed by atoms with Crippen molar-refractivity contribution >= 4 is 5.91 Å². The van der Waals surface area contributed by atoms with Crippen LogP contribution < -0.4 is 10.6 Å². The predicted octanol–water partition coefficient (Wildman–Crippen LogP) is 2.78. The molecule has 4 heteroatoms. The van der Waals surface area contributed by atoms with Crippen LogP contribution in [-0.2, 0) is 4.79 Å².